The Labute approximate surface area is 95.0 Å². The van der Waals surface area contributed by atoms with Crippen molar-refractivity contribution in [2.75, 3.05) is 0 Å². The molecule has 4 nitrogen and oxygen atoms in total. The topological polar surface area (TPSA) is 72.5 Å². The monoisotopic (exact) mass is 223 g/mol. The maximum absolute atomic E-state index is 10.6. The van der Waals surface area contributed by atoms with Crippen LogP contribution in [0.2, 0.25) is 0 Å². The van der Waals surface area contributed by atoms with Gasteiger partial charge in [0.25, 0.3) is 0 Å². The Morgan fingerprint density at radius 3 is 2.44 bits per heavy atom. The van der Waals surface area contributed by atoms with E-state index in [-0.39, 0.29) is 6.04 Å². The van der Waals surface area contributed by atoms with Crippen molar-refractivity contribution < 1.29 is 14.6 Å². The molecule has 1 rings (SSSR count). The Kier molecular flexibility index (Phi) is 4.31. The Bertz CT molecular complexity index is 348. The standard InChI is InChI=1S/C12H17NO3/c1-3-11(13)9-4-6-10(7-5-9)16-8(2)12(14)15/h4-8,11H,3,13H2,1-2H3,(H,14,15). The maximum atomic E-state index is 10.6. The van der Waals surface area contributed by atoms with E-state index in [1.54, 1.807) is 12.1 Å². The van der Waals surface area contributed by atoms with Gasteiger partial charge >= 0.3 is 5.97 Å². The van der Waals surface area contributed by atoms with Gasteiger partial charge in [0.15, 0.2) is 6.10 Å². The van der Waals surface area contributed by atoms with Crippen LogP contribution in [0.15, 0.2) is 24.3 Å². The van der Waals surface area contributed by atoms with Gasteiger partial charge in [0.2, 0.25) is 0 Å². The first-order valence-electron chi connectivity index (χ1n) is 5.29. The summed E-state index contributed by atoms with van der Waals surface area (Å²) in [6, 6.07) is 7.22. The van der Waals surface area contributed by atoms with Gasteiger partial charge < -0.3 is 15.6 Å². The summed E-state index contributed by atoms with van der Waals surface area (Å²) in [6.07, 6.45) is 0.0249. The van der Waals surface area contributed by atoms with Crippen LogP contribution in [0.1, 0.15) is 31.9 Å². The van der Waals surface area contributed by atoms with E-state index in [4.69, 9.17) is 15.6 Å². The van der Waals surface area contributed by atoms with Crippen LogP contribution >= 0.6 is 0 Å². The minimum absolute atomic E-state index is 0.0194. The Morgan fingerprint density at radius 2 is 2.00 bits per heavy atom. The van der Waals surface area contributed by atoms with Crippen molar-refractivity contribution in [2.24, 2.45) is 5.73 Å². The van der Waals surface area contributed by atoms with Crippen LogP contribution < -0.4 is 10.5 Å². The van der Waals surface area contributed by atoms with E-state index >= 15 is 0 Å². The van der Waals surface area contributed by atoms with Gasteiger partial charge in [-0.15, -0.1) is 0 Å². The minimum atomic E-state index is -0.977. The third-order valence-electron chi connectivity index (χ3n) is 2.41. The van der Waals surface area contributed by atoms with Crippen molar-refractivity contribution in [3.8, 4) is 5.75 Å². The zero-order valence-electron chi connectivity index (χ0n) is 9.51. The molecule has 0 aromatic heterocycles. The van der Waals surface area contributed by atoms with Crippen LogP contribution in [0.3, 0.4) is 0 Å². The number of carbonyl (C=O) groups is 1. The van der Waals surface area contributed by atoms with Gasteiger partial charge in [-0.1, -0.05) is 19.1 Å². The average Bonchev–Trinajstić information content (AvgIpc) is 2.28. The number of nitrogens with two attached hydrogens (primary N) is 1. The van der Waals surface area contributed by atoms with Crippen molar-refractivity contribution in [2.45, 2.75) is 32.4 Å². The first-order valence-corrected chi connectivity index (χ1v) is 5.29. The third kappa shape index (κ3) is 3.24. The van der Waals surface area contributed by atoms with E-state index < -0.39 is 12.1 Å². The van der Waals surface area contributed by atoms with E-state index in [1.165, 1.54) is 6.92 Å². The highest BCUT2D eigenvalue weighted by Gasteiger charge is 2.12. The molecule has 2 atom stereocenters. The van der Waals surface area contributed by atoms with Gasteiger partial charge in [-0.2, -0.15) is 0 Å². The zero-order valence-corrected chi connectivity index (χ0v) is 9.51. The van der Waals surface area contributed by atoms with Crippen LogP contribution in [0, 0.1) is 0 Å². The number of carboxylic acids is 1. The van der Waals surface area contributed by atoms with Gasteiger partial charge in [0.05, 0.1) is 0 Å². The lowest BCUT2D eigenvalue weighted by molar-refractivity contribution is -0.144. The second-order valence-electron chi connectivity index (χ2n) is 3.68. The van der Waals surface area contributed by atoms with Crippen LogP contribution in [0.4, 0.5) is 0 Å². The molecule has 0 aliphatic heterocycles. The fraction of sp³-hybridized carbons (Fsp3) is 0.417. The summed E-state index contributed by atoms with van der Waals surface area (Å²) in [7, 11) is 0. The molecular formula is C12H17NO3. The molecule has 88 valence electrons. The fourth-order valence-electron chi connectivity index (χ4n) is 1.28. The van der Waals surface area contributed by atoms with E-state index in [1.807, 2.05) is 19.1 Å². The summed E-state index contributed by atoms with van der Waals surface area (Å²) in [5.41, 5.74) is 6.88. The molecule has 0 aliphatic rings. The van der Waals surface area contributed by atoms with Crippen molar-refractivity contribution in [1.29, 1.82) is 0 Å². The lowest BCUT2D eigenvalue weighted by Gasteiger charge is -2.12. The molecule has 1 aromatic rings. The number of hydrogen-bond acceptors (Lipinski definition) is 3. The molecule has 1 aromatic carbocycles. The fourth-order valence-corrected chi connectivity index (χ4v) is 1.28. The molecule has 0 heterocycles. The Morgan fingerprint density at radius 1 is 1.44 bits per heavy atom. The second-order valence-corrected chi connectivity index (χ2v) is 3.68. The zero-order chi connectivity index (χ0) is 12.1. The van der Waals surface area contributed by atoms with Crippen molar-refractivity contribution in [3.05, 3.63) is 29.8 Å². The molecule has 0 spiro atoms. The first kappa shape index (κ1) is 12.5. The van der Waals surface area contributed by atoms with E-state index in [0.717, 1.165) is 12.0 Å². The van der Waals surface area contributed by atoms with E-state index in [2.05, 4.69) is 0 Å². The summed E-state index contributed by atoms with van der Waals surface area (Å²) >= 11 is 0. The SMILES string of the molecule is CCC(N)c1ccc(OC(C)C(=O)O)cc1. The molecule has 0 radical (unpaired) electrons. The molecular weight excluding hydrogens is 206 g/mol. The first-order chi connectivity index (χ1) is 7.54. The number of ether oxygens (including phenoxy) is 1. The molecule has 0 amide bonds. The summed E-state index contributed by atoms with van der Waals surface area (Å²) in [5.74, 6) is -0.434. The van der Waals surface area contributed by atoms with Crippen molar-refractivity contribution in [1.82, 2.24) is 0 Å². The molecule has 0 saturated carbocycles. The summed E-state index contributed by atoms with van der Waals surface area (Å²) < 4.78 is 5.20. The molecule has 0 saturated heterocycles. The largest absolute Gasteiger partial charge is 0.479 e. The lowest BCUT2D eigenvalue weighted by Crippen LogP contribution is -2.22. The maximum Gasteiger partial charge on any atom is 0.344 e. The third-order valence-corrected chi connectivity index (χ3v) is 2.41. The minimum Gasteiger partial charge on any atom is -0.479 e. The quantitative estimate of drug-likeness (QED) is 0.800. The van der Waals surface area contributed by atoms with Crippen LogP contribution in [-0.4, -0.2) is 17.2 Å². The van der Waals surface area contributed by atoms with Gasteiger partial charge in [0.1, 0.15) is 5.75 Å². The van der Waals surface area contributed by atoms with E-state index in [9.17, 15) is 4.79 Å². The highest BCUT2D eigenvalue weighted by Crippen LogP contribution is 2.19. The average molecular weight is 223 g/mol. The van der Waals surface area contributed by atoms with Gasteiger partial charge in [-0.05, 0) is 31.0 Å². The molecule has 0 bridgehead atoms. The highest BCUT2D eigenvalue weighted by molar-refractivity contribution is 5.72. The summed E-state index contributed by atoms with van der Waals surface area (Å²) in [6.45, 7) is 3.51. The summed E-state index contributed by atoms with van der Waals surface area (Å²) in [4.78, 5) is 10.6. The van der Waals surface area contributed by atoms with Gasteiger partial charge in [-0.25, -0.2) is 4.79 Å². The molecule has 4 heteroatoms. The van der Waals surface area contributed by atoms with E-state index in [0.29, 0.717) is 5.75 Å². The second kappa shape index (κ2) is 5.51. The number of rotatable bonds is 5. The number of aliphatic carboxylic acids is 1. The highest BCUT2D eigenvalue weighted by atomic mass is 16.5. The molecule has 0 fully saturated rings. The lowest BCUT2D eigenvalue weighted by atomic mass is 10.1. The number of hydrogen-bond donors (Lipinski definition) is 2. The molecule has 3 N–H and O–H groups in total. The van der Waals surface area contributed by atoms with Crippen molar-refractivity contribution in [3.63, 3.8) is 0 Å². The smallest absolute Gasteiger partial charge is 0.344 e. The summed E-state index contributed by atoms with van der Waals surface area (Å²) in [5, 5.41) is 8.68. The molecule has 0 aliphatic carbocycles. The number of benzene rings is 1. The van der Waals surface area contributed by atoms with Crippen LogP contribution in [0.5, 0.6) is 5.75 Å². The molecule has 16 heavy (non-hydrogen) atoms. The van der Waals surface area contributed by atoms with Crippen LogP contribution in [-0.2, 0) is 4.79 Å². The predicted octanol–water partition coefficient (Wildman–Crippen LogP) is 1.95. The number of carboxylic acid groups (broad SMARTS) is 1. The molecule has 2 unspecified atom stereocenters. The predicted molar refractivity (Wildman–Crippen MR) is 61.4 cm³/mol. The normalized spacial score (nSPS) is 14.2. The van der Waals surface area contributed by atoms with Gasteiger partial charge in [-0.3, -0.25) is 0 Å². The van der Waals surface area contributed by atoms with Gasteiger partial charge in [0, 0.05) is 6.04 Å². The van der Waals surface area contributed by atoms with Crippen molar-refractivity contribution >= 4 is 5.97 Å². The Balaban J connectivity index is 2.68. The van der Waals surface area contributed by atoms with Crippen LogP contribution in [0.25, 0.3) is 0 Å². The Hall–Kier alpha value is -1.55.